The molecule has 23 heavy (non-hydrogen) atoms. The molecular weight excluding hydrogens is 288 g/mol. The Hall–Kier alpha value is -3.41. The summed E-state index contributed by atoms with van der Waals surface area (Å²) >= 11 is 0. The van der Waals surface area contributed by atoms with Crippen molar-refractivity contribution in [3.63, 3.8) is 0 Å². The first-order chi connectivity index (χ1) is 11.4. The van der Waals surface area contributed by atoms with Gasteiger partial charge in [-0.3, -0.25) is 0 Å². The van der Waals surface area contributed by atoms with Crippen molar-refractivity contribution < 1.29 is 0 Å². The first-order valence-corrected chi connectivity index (χ1v) is 6.99. The molecule has 0 saturated carbocycles. The van der Waals surface area contributed by atoms with E-state index < -0.39 is 0 Å². The van der Waals surface area contributed by atoms with Gasteiger partial charge in [0.15, 0.2) is 6.34 Å². The molecule has 0 amide bonds. The molecule has 0 fully saturated rings. The molecule has 2 N–H and O–H groups in total. The molecule has 0 aliphatic rings. The Bertz CT molecular complexity index is 770. The third-order valence-electron chi connectivity index (χ3n) is 3.12. The fraction of sp³-hybridized carbons (Fsp3) is 0. The van der Waals surface area contributed by atoms with Crippen molar-refractivity contribution in [3.05, 3.63) is 66.7 Å². The highest BCUT2D eigenvalue weighted by Gasteiger charge is 2.08. The van der Waals surface area contributed by atoms with Crippen LogP contribution in [0.3, 0.4) is 0 Å². The highest BCUT2D eigenvalue weighted by Crippen LogP contribution is 2.25. The van der Waals surface area contributed by atoms with E-state index in [4.69, 9.17) is 5.84 Å². The third kappa shape index (κ3) is 3.62. The van der Waals surface area contributed by atoms with Gasteiger partial charge in [-0.05, 0) is 6.07 Å². The lowest BCUT2D eigenvalue weighted by Gasteiger charge is -2.06. The average Bonchev–Trinajstić information content (AvgIpc) is 2.63. The van der Waals surface area contributed by atoms with E-state index >= 15 is 0 Å². The van der Waals surface area contributed by atoms with Gasteiger partial charge in [-0.2, -0.15) is 5.10 Å². The maximum atomic E-state index is 5.01. The Morgan fingerprint density at radius 2 is 1.30 bits per heavy atom. The van der Waals surface area contributed by atoms with Crippen molar-refractivity contribution in [2.75, 3.05) is 0 Å². The molecule has 0 saturated heterocycles. The minimum absolute atomic E-state index is 0.255. The molecule has 3 rings (SSSR count). The SMILES string of the molecule is NN=CN=Nc1nc(-c2ccccc2)cc(-c2ccccc2)n1. The predicted molar refractivity (Wildman–Crippen MR) is 90.1 cm³/mol. The lowest BCUT2D eigenvalue weighted by atomic mass is 10.1. The molecule has 6 nitrogen and oxygen atoms in total. The summed E-state index contributed by atoms with van der Waals surface area (Å²) in [6, 6.07) is 21.6. The van der Waals surface area contributed by atoms with E-state index in [-0.39, 0.29) is 5.95 Å². The number of hydrazone groups is 1. The molecule has 1 heterocycles. The molecule has 112 valence electrons. The number of nitrogens with zero attached hydrogens (tertiary/aromatic N) is 5. The number of hydrogen-bond acceptors (Lipinski definition) is 5. The third-order valence-corrected chi connectivity index (χ3v) is 3.12. The highest BCUT2D eigenvalue weighted by atomic mass is 15.2. The fourth-order valence-corrected chi connectivity index (χ4v) is 2.10. The standard InChI is InChI=1S/C17H14N6/c18-19-12-20-23-17-21-15(13-7-3-1-4-8-13)11-16(22-17)14-9-5-2-6-10-14/h1-12H,18H2. The van der Waals surface area contributed by atoms with Crippen LogP contribution in [0.2, 0.25) is 0 Å². The van der Waals surface area contributed by atoms with Crippen molar-refractivity contribution in [1.29, 1.82) is 0 Å². The zero-order valence-corrected chi connectivity index (χ0v) is 12.2. The van der Waals surface area contributed by atoms with Crippen LogP contribution in [-0.2, 0) is 0 Å². The van der Waals surface area contributed by atoms with Gasteiger partial charge in [0, 0.05) is 11.1 Å². The van der Waals surface area contributed by atoms with Crippen molar-refractivity contribution in [3.8, 4) is 22.5 Å². The lowest BCUT2D eigenvalue weighted by molar-refractivity contribution is 1.08. The van der Waals surface area contributed by atoms with Crippen LogP contribution in [0.25, 0.3) is 22.5 Å². The fourth-order valence-electron chi connectivity index (χ4n) is 2.10. The normalized spacial score (nSPS) is 11.3. The molecule has 0 unspecified atom stereocenters. The lowest BCUT2D eigenvalue weighted by Crippen LogP contribution is -1.91. The average molecular weight is 302 g/mol. The minimum atomic E-state index is 0.255. The van der Waals surface area contributed by atoms with Crippen LogP contribution in [0.1, 0.15) is 0 Å². The van der Waals surface area contributed by atoms with Crippen LogP contribution in [0.15, 0.2) is 82.1 Å². The Labute approximate surface area is 133 Å². The van der Waals surface area contributed by atoms with E-state index in [0.717, 1.165) is 28.9 Å². The second kappa shape index (κ2) is 7.04. The maximum absolute atomic E-state index is 5.01. The van der Waals surface area contributed by atoms with Crippen molar-refractivity contribution in [2.24, 2.45) is 21.2 Å². The van der Waals surface area contributed by atoms with E-state index in [9.17, 15) is 0 Å². The largest absolute Gasteiger partial charge is 0.322 e. The maximum Gasteiger partial charge on any atom is 0.270 e. The number of hydrogen-bond donors (Lipinski definition) is 1. The molecule has 6 heteroatoms. The summed E-state index contributed by atoms with van der Waals surface area (Å²) in [5, 5.41) is 10.9. The summed E-state index contributed by atoms with van der Waals surface area (Å²) < 4.78 is 0. The number of azo groups is 1. The van der Waals surface area contributed by atoms with Gasteiger partial charge in [-0.25, -0.2) is 9.97 Å². The number of benzene rings is 2. The van der Waals surface area contributed by atoms with Gasteiger partial charge in [-0.1, -0.05) is 60.7 Å². The van der Waals surface area contributed by atoms with Crippen LogP contribution in [0.4, 0.5) is 5.95 Å². The van der Waals surface area contributed by atoms with Crippen molar-refractivity contribution in [2.45, 2.75) is 0 Å². The number of nitrogens with two attached hydrogens (primary N) is 1. The quantitative estimate of drug-likeness (QED) is 0.261. The van der Waals surface area contributed by atoms with Gasteiger partial charge in [0.2, 0.25) is 0 Å². The van der Waals surface area contributed by atoms with E-state index in [1.165, 1.54) is 0 Å². The summed E-state index contributed by atoms with van der Waals surface area (Å²) in [7, 11) is 0. The molecule has 0 bridgehead atoms. The van der Waals surface area contributed by atoms with Gasteiger partial charge in [0.05, 0.1) is 11.4 Å². The number of aromatic nitrogens is 2. The zero-order chi connectivity index (χ0) is 15.9. The molecule has 0 aliphatic heterocycles. The summed E-state index contributed by atoms with van der Waals surface area (Å²) in [5.74, 6) is 5.26. The van der Waals surface area contributed by atoms with Gasteiger partial charge < -0.3 is 5.84 Å². The van der Waals surface area contributed by atoms with E-state index in [0.29, 0.717) is 0 Å². The monoisotopic (exact) mass is 302 g/mol. The predicted octanol–water partition coefficient (Wildman–Crippen LogP) is 3.80. The first-order valence-electron chi connectivity index (χ1n) is 6.99. The summed E-state index contributed by atoms with van der Waals surface area (Å²) in [6.45, 7) is 0. The zero-order valence-electron chi connectivity index (χ0n) is 12.2. The van der Waals surface area contributed by atoms with Gasteiger partial charge in [-0.15, -0.1) is 10.2 Å². The molecule has 0 aliphatic carbocycles. The van der Waals surface area contributed by atoms with Crippen LogP contribution in [-0.4, -0.2) is 16.3 Å². The Morgan fingerprint density at radius 1 is 0.783 bits per heavy atom. The minimum Gasteiger partial charge on any atom is -0.322 e. The first kappa shape index (κ1) is 14.5. The van der Waals surface area contributed by atoms with Gasteiger partial charge >= 0.3 is 0 Å². The Balaban J connectivity index is 2.11. The second-order valence-electron chi connectivity index (χ2n) is 4.65. The van der Waals surface area contributed by atoms with Crippen LogP contribution in [0.5, 0.6) is 0 Å². The molecular formula is C17H14N6. The van der Waals surface area contributed by atoms with Crippen LogP contribution < -0.4 is 5.84 Å². The summed E-state index contributed by atoms with van der Waals surface area (Å²) in [5.41, 5.74) is 3.52. The molecule has 3 aromatic rings. The highest BCUT2D eigenvalue weighted by molar-refractivity contribution is 5.69. The summed E-state index contributed by atoms with van der Waals surface area (Å²) in [4.78, 5) is 8.85. The topological polar surface area (TPSA) is 88.9 Å². The molecule has 1 aromatic heterocycles. The van der Waals surface area contributed by atoms with Crippen molar-refractivity contribution >= 4 is 12.3 Å². The molecule has 0 spiro atoms. The molecule has 2 aromatic carbocycles. The Kier molecular flexibility index (Phi) is 4.44. The molecule has 0 atom stereocenters. The second-order valence-corrected chi connectivity index (χ2v) is 4.65. The van der Waals surface area contributed by atoms with E-state index in [1.54, 1.807) is 0 Å². The van der Waals surface area contributed by atoms with Crippen LogP contribution >= 0.6 is 0 Å². The number of rotatable bonds is 4. The summed E-state index contributed by atoms with van der Waals surface area (Å²) in [6.07, 6.45) is 1.14. The smallest absolute Gasteiger partial charge is 0.270 e. The van der Waals surface area contributed by atoms with Gasteiger partial charge in [0.1, 0.15) is 0 Å². The van der Waals surface area contributed by atoms with Crippen molar-refractivity contribution in [1.82, 2.24) is 9.97 Å². The van der Waals surface area contributed by atoms with E-state index in [1.807, 2.05) is 66.7 Å². The molecule has 0 radical (unpaired) electrons. The van der Waals surface area contributed by atoms with E-state index in [2.05, 4.69) is 25.3 Å². The van der Waals surface area contributed by atoms with Gasteiger partial charge in [0.25, 0.3) is 5.95 Å². The van der Waals surface area contributed by atoms with Crippen LogP contribution in [0, 0.1) is 0 Å². The Morgan fingerprint density at radius 3 is 1.78 bits per heavy atom.